The van der Waals surface area contributed by atoms with Gasteiger partial charge in [-0.1, -0.05) is 18.2 Å². The number of amides is 2. The van der Waals surface area contributed by atoms with Gasteiger partial charge in [0, 0.05) is 0 Å². The third-order valence-electron chi connectivity index (χ3n) is 6.55. The molecule has 0 spiro atoms. The zero-order valence-corrected chi connectivity index (χ0v) is 20.1. The van der Waals surface area contributed by atoms with Gasteiger partial charge in [0.15, 0.2) is 17.6 Å². The molecule has 2 amide bonds. The Bertz CT molecular complexity index is 1440. The molecular weight excluding hydrogens is 498 g/mol. The van der Waals surface area contributed by atoms with Crippen LogP contribution in [0, 0.1) is 16.0 Å². The van der Waals surface area contributed by atoms with Gasteiger partial charge in [0.25, 0.3) is 11.6 Å². The van der Waals surface area contributed by atoms with Crippen LogP contribution in [0.15, 0.2) is 66.7 Å². The number of anilines is 2. The van der Waals surface area contributed by atoms with Crippen LogP contribution >= 0.6 is 0 Å². The highest BCUT2D eigenvalue weighted by molar-refractivity contribution is 6.24. The van der Waals surface area contributed by atoms with Crippen molar-refractivity contribution in [1.29, 1.82) is 0 Å². The highest BCUT2D eigenvalue weighted by Gasteiger charge is 2.61. The summed E-state index contributed by atoms with van der Waals surface area (Å²) >= 11 is 0. The van der Waals surface area contributed by atoms with E-state index in [4.69, 9.17) is 14.3 Å². The largest absolute Gasteiger partial charge is 0.493 e. The van der Waals surface area contributed by atoms with E-state index in [1.807, 2.05) is 0 Å². The van der Waals surface area contributed by atoms with Crippen molar-refractivity contribution in [3.8, 4) is 11.5 Å². The molecule has 5 rings (SSSR count). The van der Waals surface area contributed by atoms with Crippen molar-refractivity contribution in [1.82, 2.24) is 0 Å². The average molecular weight is 519 g/mol. The number of nitro groups is 1. The minimum absolute atomic E-state index is 0.0154. The quantitative estimate of drug-likeness (QED) is 0.280. The Labute approximate surface area is 215 Å². The van der Waals surface area contributed by atoms with E-state index in [0.29, 0.717) is 5.69 Å². The van der Waals surface area contributed by atoms with Gasteiger partial charge in [-0.3, -0.25) is 24.5 Å². The number of carbonyl (C=O) groups excluding carboxylic acids is 2. The van der Waals surface area contributed by atoms with Crippen LogP contribution in [0.4, 0.5) is 17.1 Å². The Kier molecular flexibility index (Phi) is 6.17. The Hall–Kier alpha value is -4.97. The van der Waals surface area contributed by atoms with Crippen LogP contribution in [0.2, 0.25) is 0 Å². The lowest BCUT2D eigenvalue weighted by atomic mass is 9.89. The Morgan fingerprint density at radius 3 is 2.16 bits per heavy atom. The first-order valence-electron chi connectivity index (χ1n) is 11.4. The van der Waals surface area contributed by atoms with Crippen molar-refractivity contribution in [3.05, 3.63) is 88.0 Å². The predicted octanol–water partition coefficient (Wildman–Crippen LogP) is 3.36. The first kappa shape index (κ1) is 24.7. The van der Waals surface area contributed by atoms with Crippen molar-refractivity contribution in [2.75, 3.05) is 24.2 Å². The van der Waals surface area contributed by atoms with Gasteiger partial charge in [-0.05, 0) is 42.5 Å². The van der Waals surface area contributed by atoms with Gasteiger partial charge in [0.2, 0.25) is 5.91 Å². The number of ether oxygens (including phenoxy) is 2. The lowest BCUT2D eigenvalue weighted by molar-refractivity contribution is -0.385. The molecule has 0 aliphatic carbocycles. The third-order valence-corrected chi connectivity index (χ3v) is 6.55. The van der Waals surface area contributed by atoms with Crippen LogP contribution in [-0.2, 0) is 14.4 Å². The molecule has 3 aromatic carbocycles. The number of aromatic carboxylic acids is 1. The number of nitrogens with zero attached hydrogens (tertiary/aromatic N) is 3. The lowest BCUT2D eigenvalue weighted by Gasteiger charge is -2.29. The number of carbonyl (C=O) groups is 3. The minimum atomic E-state index is -1.28. The van der Waals surface area contributed by atoms with Gasteiger partial charge in [-0.2, -0.15) is 0 Å². The van der Waals surface area contributed by atoms with E-state index in [1.54, 1.807) is 30.3 Å². The Morgan fingerprint density at radius 1 is 0.947 bits per heavy atom. The summed E-state index contributed by atoms with van der Waals surface area (Å²) < 4.78 is 10.6. The molecule has 12 nitrogen and oxygen atoms in total. The molecule has 1 N–H and O–H groups in total. The molecule has 12 heteroatoms. The molecule has 2 aliphatic rings. The second-order valence-corrected chi connectivity index (χ2v) is 8.55. The molecule has 194 valence electrons. The fourth-order valence-corrected chi connectivity index (χ4v) is 4.82. The summed E-state index contributed by atoms with van der Waals surface area (Å²) in [4.78, 5) is 57.0. The normalized spacial score (nSPS) is 20.4. The molecule has 0 aromatic heterocycles. The monoisotopic (exact) mass is 519 g/mol. The molecule has 0 saturated carbocycles. The predicted molar refractivity (Wildman–Crippen MR) is 132 cm³/mol. The van der Waals surface area contributed by atoms with Gasteiger partial charge in [-0.15, -0.1) is 0 Å². The van der Waals surface area contributed by atoms with E-state index in [0.717, 1.165) is 4.90 Å². The van der Waals surface area contributed by atoms with Crippen molar-refractivity contribution in [2.45, 2.75) is 12.1 Å². The van der Waals surface area contributed by atoms with Gasteiger partial charge in [0.1, 0.15) is 12.0 Å². The van der Waals surface area contributed by atoms with Crippen LogP contribution in [0.3, 0.4) is 0 Å². The number of carboxylic acids is 1. The maximum absolute atomic E-state index is 13.8. The van der Waals surface area contributed by atoms with Gasteiger partial charge < -0.3 is 14.6 Å². The second kappa shape index (κ2) is 9.48. The molecule has 2 saturated heterocycles. The smallest absolute Gasteiger partial charge is 0.335 e. The van der Waals surface area contributed by atoms with Gasteiger partial charge >= 0.3 is 5.97 Å². The van der Waals surface area contributed by atoms with Crippen molar-refractivity contribution in [3.63, 3.8) is 0 Å². The van der Waals surface area contributed by atoms with Crippen LogP contribution < -0.4 is 19.4 Å². The molecular formula is C26H21N3O9. The maximum atomic E-state index is 13.8. The molecule has 0 unspecified atom stereocenters. The first-order valence-corrected chi connectivity index (χ1v) is 11.4. The minimum Gasteiger partial charge on any atom is -0.493 e. The number of hydroxylamine groups is 1. The van der Waals surface area contributed by atoms with Gasteiger partial charge in [0.05, 0.1) is 47.7 Å². The van der Waals surface area contributed by atoms with E-state index in [2.05, 4.69) is 0 Å². The van der Waals surface area contributed by atoms with Crippen molar-refractivity contribution < 1.29 is 38.7 Å². The van der Waals surface area contributed by atoms with Crippen LogP contribution in [0.1, 0.15) is 22.0 Å². The average Bonchev–Trinajstić information content (AvgIpc) is 3.43. The fraction of sp³-hybridized carbons (Fsp3) is 0.192. The number of hydrogen-bond acceptors (Lipinski definition) is 9. The number of methoxy groups -OCH3 is 2. The molecule has 38 heavy (non-hydrogen) atoms. The molecule has 3 atom stereocenters. The second-order valence-electron chi connectivity index (χ2n) is 8.55. The summed E-state index contributed by atoms with van der Waals surface area (Å²) in [5.41, 5.74) is 0.373. The number of hydrogen-bond donors (Lipinski definition) is 1. The zero-order chi connectivity index (χ0) is 27.1. The van der Waals surface area contributed by atoms with Crippen LogP contribution in [-0.4, -0.2) is 48.1 Å². The standard InChI is InChI=1S/C26H21N3O9/c1-36-19-12-17(18(29(34)35)13-20(19)37-2)22-21-23(38-28(22)16-6-4-3-5-7-16)25(31)27(24(21)30)15-10-8-14(9-11-15)26(32)33/h3-13,21-23H,1-2H3,(H,32,33)/t21-,22-,23-/m1/s1. The number of carboxylic acid groups (broad SMARTS) is 1. The van der Waals surface area contributed by atoms with E-state index >= 15 is 0 Å². The summed E-state index contributed by atoms with van der Waals surface area (Å²) in [6.07, 6.45) is -1.28. The lowest BCUT2D eigenvalue weighted by Crippen LogP contribution is -2.37. The highest BCUT2D eigenvalue weighted by atomic mass is 16.7. The molecule has 2 aliphatic heterocycles. The number of benzene rings is 3. The van der Waals surface area contributed by atoms with Crippen LogP contribution in [0.5, 0.6) is 11.5 Å². The first-order chi connectivity index (χ1) is 18.3. The number of fused-ring (bicyclic) bond motifs is 1. The molecule has 0 radical (unpaired) electrons. The number of nitro benzene ring substituents is 1. The van der Waals surface area contributed by atoms with E-state index in [1.165, 1.54) is 55.7 Å². The van der Waals surface area contributed by atoms with Crippen LogP contribution in [0.25, 0.3) is 0 Å². The summed E-state index contributed by atoms with van der Waals surface area (Å²) in [5.74, 6) is -3.31. The van der Waals surface area contributed by atoms with E-state index < -0.39 is 40.8 Å². The SMILES string of the molecule is COc1cc([C@@H]2[C@H]3C(=O)N(c4ccc(C(=O)O)cc4)C(=O)[C@@H]3ON2c2ccccc2)c([N+](=O)[O-])cc1OC. The maximum Gasteiger partial charge on any atom is 0.335 e. The number of para-hydroxylation sites is 1. The van der Waals surface area contributed by atoms with Crippen molar-refractivity contribution in [2.24, 2.45) is 5.92 Å². The number of rotatable bonds is 7. The summed E-state index contributed by atoms with van der Waals surface area (Å²) in [6, 6.07) is 15.4. The summed E-state index contributed by atoms with van der Waals surface area (Å²) in [6.45, 7) is 0. The topological polar surface area (TPSA) is 149 Å². The third kappa shape index (κ3) is 3.87. The summed E-state index contributed by atoms with van der Waals surface area (Å²) in [5, 5.41) is 22.7. The van der Waals surface area contributed by atoms with E-state index in [-0.39, 0.29) is 34.0 Å². The number of imide groups is 1. The van der Waals surface area contributed by atoms with Crippen molar-refractivity contribution >= 4 is 34.8 Å². The Balaban J connectivity index is 1.65. The molecule has 2 heterocycles. The molecule has 0 bridgehead atoms. The van der Waals surface area contributed by atoms with E-state index in [9.17, 15) is 29.6 Å². The highest BCUT2D eigenvalue weighted by Crippen LogP contribution is 2.51. The van der Waals surface area contributed by atoms with Gasteiger partial charge in [-0.25, -0.2) is 14.8 Å². The Morgan fingerprint density at radius 2 is 1.58 bits per heavy atom. The zero-order valence-electron chi connectivity index (χ0n) is 20.1. The molecule has 2 fully saturated rings. The summed E-state index contributed by atoms with van der Waals surface area (Å²) in [7, 11) is 2.72. The molecule has 3 aromatic rings. The fourth-order valence-electron chi connectivity index (χ4n) is 4.82.